The average Bonchev–Trinajstić information content (AvgIpc) is 2.53. The summed E-state index contributed by atoms with van der Waals surface area (Å²) in [6.45, 7) is 1.59. The smallest absolute Gasteiger partial charge is 0.129 e. The van der Waals surface area contributed by atoms with E-state index >= 15 is 0 Å². The predicted octanol–water partition coefficient (Wildman–Crippen LogP) is 2.30. The summed E-state index contributed by atoms with van der Waals surface area (Å²) in [6.07, 6.45) is 7.06. The van der Waals surface area contributed by atoms with Crippen molar-refractivity contribution in [3.8, 4) is 0 Å². The fraction of sp³-hybridized carbons (Fsp3) is 0.909. The van der Waals surface area contributed by atoms with Crippen LogP contribution in [0.4, 0.5) is 0 Å². The highest BCUT2D eigenvalue weighted by Gasteiger charge is 2.18. The van der Waals surface area contributed by atoms with Gasteiger partial charge in [0.15, 0.2) is 0 Å². The molecule has 0 spiro atoms. The van der Waals surface area contributed by atoms with Crippen LogP contribution in [0.15, 0.2) is 0 Å². The van der Waals surface area contributed by atoms with Crippen molar-refractivity contribution < 1.29 is 9.90 Å². The Morgan fingerprint density at radius 2 is 2.08 bits per heavy atom. The highest BCUT2D eigenvalue weighted by atomic mass is 16.3. The Hall–Kier alpha value is -0.370. The molecule has 1 fully saturated rings. The molecular weight excluding hydrogens is 164 g/mol. The van der Waals surface area contributed by atoms with Crippen molar-refractivity contribution in [1.29, 1.82) is 0 Å². The predicted molar refractivity (Wildman–Crippen MR) is 52.5 cm³/mol. The van der Waals surface area contributed by atoms with Crippen LogP contribution >= 0.6 is 0 Å². The standard InChI is InChI=1S/C11H20O2/c1-9(12)6-7-11(13)8-10-4-2-3-5-10/h10-11,13H,2-8H2,1H3. The van der Waals surface area contributed by atoms with Gasteiger partial charge in [0, 0.05) is 6.42 Å². The first-order chi connectivity index (χ1) is 6.18. The van der Waals surface area contributed by atoms with Gasteiger partial charge in [-0.25, -0.2) is 0 Å². The van der Waals surface area contributed by atoms with Gasteiger partial charge in [0.1, 0.15) is 5.78 Å². The topological polar surface area (TPSA) is 37.3 Å². The van der Waals surface area contributed by atoms with Gasteiger partial charge in [0.25, 0.3) is 0 Å². The molecule has 0 aromatic carbocycles. The molecule has 1 N–H and O–H groups in total. The second kappa shape index (κ2) is 5.38. The fourth-order valence-corrected chi connectivity index (χ4v) is 2.12. The summed E-state index contributed by atoms with van der Waals surface area (Å²) in [5.74, 6) is 0.910. The largest absolute Gasteiger partial charge is 0.393 e. The second-order valence-corrected chi connectivity index (χ2v) is 4.28. The van der Waals surface area contributed by atoms with Crippen LogP contribution in [0.1, 0.15) is 51.9 Å². The first-order valence-electron chi connectivity index (χ1n) is 5.36. The van der Waals surface area contributed by atoms with E-state index in [-0.39, 0.29) is 11.9 Å². The lowest BCUT2D eigenvalue weighted by molar-refractivity contribution is -0.117. The van der Waals surface area contributed by atoms with Crippen LogP contribution in [-0.4, -0.2) is 17.0 Å². The molecule has 1 saturated carbocycles. The van der Waals surface area contributed by atoms with Crippen molar-refractivity contribution in [3.63, 3.8) is 0 Å². The molecule has 1 unspecified atom stereocenters. The molecule has 1 aliphatic rings. The third-order valence-electron chi connectivity index (χ3n) is 2.91. The minimum atomic E-state index is -0.244. The van der Waals surface area contributed by atoms with Crippen molar-refractivity contribution in [2.45, 2.75) is 58.0 Å². The number of carbonyl (C=O) groups excluding carboxylic acids is 1. The lowest BCUT2D eigenvalue weighted by atomic mass is 9.97. The van der Waals surface area contributed by atoms with E-state index in [4.69, 9.17) is 0 Å². The normalized spacial score (nSPS) is 20.5. The quantitative estimate of drug-likeness (QED) is 0.711. The van der Waals surface area contributed by atoms with E-state index in [1.165, 1.54) is 25.7 Å². The number of aliphatic hydroxyl groups excluding tert-OH is 1. The molecule has 1 aliphatic carbocycles. The van der Waals surface area contributed by atoms with Crippen molar-refractivity contribution in [2.24, 2.45) is 5.92 Å². The number of aliphatic hydroxyl groups is 1. The Morgan fingerprint density at radius 3 is 2.62 bits per heavy atom. The van der Waals surface area contributed by atoms with Crippen molar-refractivity contribution in [3.05, 3.63) is 0 Å². The van der Waals surface area contributed by atoms with E-state index < -0.39 is 0 Å². The minimum absolute atomic E-state index is 0.186. The van der Waals surface area contributed by atoms with Gasteiger partial charge in [-0.2, -0.15) is 0 Å². The zero-order chi connectivity index (χ0) is 9.68. The van der Waals surface area contributed by atoms with Gasteiger partial charge in [-0.1, -0.05) is 25.7 Å². The summed E-state index contributed by atoms with van der Waals surface area (Å²) in [5, 5.41) is 9.61. The molecule has 0 amide bonds. The molecular formula is C11H20O2. The van der Waals surface area contributed by atoms with Crippen LogP contribution in [0.2, 0.25) is 0 Å². The SMILES string of the molecule is CC(=O)CCC(O)CC1CCCC1. The zero-order valence-electron chi connectivity index (χ0n) is 8.46. The van der Waals surface area contributed by atoms with Gasteiger partial charge in [-0.3, -0.25) is 0 Å². The van der Waals surface area contributed by atoms with Gasteiger partial charge in [-0.05, 0) is 25.7 Å². The number of rotatable bonds is 5. The summed E-state index contributed by atoms with van der Waals surface area (Å²) in [7, 11) is 0. The van der Waals surface area contributed by atoms with Crippen LogP contribution in [-0.2, 0) is 4.79 Å². The molecule has 13 heavy (non-hydrogen) atoms. The number of Topliss-reactive ketones (excluding diaryl/α,β-unsaturated/α-hetero) is 1. The lowest BCUT2D eigenvalue weighted by Gasteiger charge is -2.14. The summed E-state index contributed by atoms with van der Waals surface area (Å²) >= 11 is 0. The molecule has 76 valence electrons. The summed E-state index contributed by atoms with van der Waals surface area (Å²) in [4.78, 5) is 10.7. The van der Waals surface area contributed by atoms with E-state index in [1.54, 1.807) is 6.92 Å². The van der Waals surface area contributed by atoms with Gasteiger partial charge >= 0.3 is 0 Å². The van der Waals surface area contributed by atoms with E-state index in [2.05, 4.69) is 0 Å². The first-order valence-corrected chi connectivity index (χ1v) is 5.36. The number of carbonyl (C=O) groups is 1. The van der Waals surface area contributed by atoms with Crippen LogP contribution in [0.5, 0.6) is 0 Å². The Morgan fingerprint density at radius 1 is 1.46 bits per heavy atom. The zero-order valence-corrected chi connectivity index (χ0v) is 8.46. The fourth-order valence-electron chi connectivity index (χ4n) is 2.12. The molecule has 0 saturated heterocycles. The molecule has 1 rings (SSSR count). The van der Waals surface area contributed by atoms with Crippen molar-refractivity contribution in [1.82, 2.24) is 0 Å². The first kappa shape index (κ1) is 10.7. The Labute approximate surface area is 80.3 Å². The molecule has 0 heterocycles. The van der Waals surface area contributed by atoms with Crippen LogP contribution < -0.4 is 0 Å². The highest BCUT2D eigenvalue weighted by molar-refractivity contribution is 5.75. The number of hydrogen-bond donors (Lipinski definition) is 1. The molecule has 1 atom stereocenters. The van der Waals surface area contributed by atoms with Gasteiger partial charge in [0.05, 0.1) is 6.10 Å². The minimum Gasteiger partial charge on any atom is -0.393 e. The summed E-state index contributed by atoms with van der Waals surface area (Å²) in [6, 6.07) is 0. The van der Waals surface area contributed by atoms with Crippen molar-refractivity contribution in [2.75, 3.05) is 0 Å². The number of hydrogen-bond acceptors (Lipinski definition) is 2. The summed E-state index contributed by atoms with van der Waals surface area (Å²) in [5.41, 5.74) is 0. The van der Waals surface area contributed by atoms with E-state index in [0.29, 0.717) is 12.8 Å². The van der Waals surface area contributed by atoms with Crippen LogP contribution in [0.3, 0.4) is 0 Å². The maximum atomic E-state index is 10.7. The van der Waals surface area contributed by atoms with Gasteiger partial charge < -0.3 is 9.90 Å². The maximum Gasteiger partial charge on any atom is 0.129 e. The van der Waals surface area contributed by atoms with E-state index in [9.17, 15) is 9.90 Å². The summed E-state index contributed by atoms with van der Waals surface area (Å²) < 4.78 is 0. The van der Waals surface area contributed by atoms with Gasteiger partial charge in [-0.15, -0.1) is 0 Å². The Balaban J connectivity index is 2.09. The molecule has 0 aliphatic heterocycles. The third kappa shape index (κ3) is 4.41. The lowest BCUT2D eigenvalue weighted by Crippen LogP contribution is -2.12. The highest BCUT2D eigenvalue weighted by Crippen LogP contribution is 2.29. The Bertz CT molecular complexity index is 159. The van der Waals surface area contributed by atoms with Crippen LogP contribution in [0, 0.1) is 5.92 Å². The number of ketones is 1. The van der Waals surface area contributed by atoms with Gasteiger partial charge in [0.2, 0.25) is 0 Å². The molecule has 0 bridgehead atoms. The van der Waals surface area contributed by atoms with E-state index in [0.717, 1.165) is 12.3 Å². The molecule has 0 radical (unpaired) electrons. The van der Waals surface area contributed by atoms with Crippen molar-refractivity contribution >= 4 is 5.78 Å². The van der Waals surface area contributed by atoms with Crippen LogP contribution in [0.25, 0.3) is 0 Å². The molecule has 0 aromatic rings. The van der Waals surface area contributed by atoms with E-state index in [1.807, 2.05) is 0 Å². The Kier molecular flexibility index (Phi) is 4.43. The molecule has 2 nitrogen and oxygen atoms in total. The molecule has 0 aromatic heterocycles. The third-order valence-corrected chi connectivity index (χ3v) is 2.91. The maximum absolute atomic E-state index is 10.7. The monoisotopic (exact) mass is 184 g/mol. The molecule has 2 heteroatoms. The second-order valence-electron chi connectivity index (χ2n) is 4.28. The average molecular weight is 184 g/mol.